The maximum atomic E-state index is 11.9. The average Bonchev–Trinajstić information content (AvgIpc) is 2.92. The zero-order valence-electron chi connectivity index (χ0n) is 16.4. The van der Waals surface area contributed by atoms with Crippen molar-refractivity contribution in [2.24, 2.45) is 34.5 Å². The second-order valence-electron chi connectivity index (χ2n) is 9.59. The molecule has 0 aromatic heterocycles. The summed E-state index contributed by atoms with van der Waals surface area (Å²) in [5.74, 6) is 2.66. The van der Waals surface area contributed by atoms with E-state index in [0.29, 0.717) is 30.3 Å². The molecule has 4 aliphatic rings. The maximum absolute atomic E-state index is 11.9. The van der Waals surface area contributed by atoms with Crippen LogP contribution in [0.15, 0.2) is 12.2 Å². The number of hydrogen-bond acceptors (Lipinski definition) is 4. The first kappa shape index (κ1) is 18.3. The van der Waals surface area contributed by atoms with Gasteiger partial charge in [-0.1, -0.05) is 26.0 Å². The average molecular weight is 363 g/mol. The van der Waals surface area contributed by atoms with E-state index >= 15 is 0 Å². The Morgan fingerprint density at radius 3 is 2.73 bits per heavy atom. The molecule has 0 heterocycles. The summed E-state index contributed by atoms with van der Waals surface area (Å²) in [5, 5.41) is 10.1. The summed E-state index contributed by atoms with van der Waals surface area (Å²) in [4.78, 5) is 11.9. The fourth-order valence-corrected chi connectivity index (χ4v) is 7.20. The van der Waals surface area contributed by atoms with Gasteiger partial charge in [0.2, 0.25) is 0 Å². The molecule has 146 valence electrons. The van der Waals surface area contributed by atoms with Gasteiger partial charge < -0.3 is 14.6 Å². The van der Waals surface area contributed by atoms with Gasteiger partial charge in [0.1, 0.15) is 6.10 Å². The van der Waals surface area contributed by atoms with E-state index in [-0.39, 0.29) is 23.0 Å². The van der Waals surface area contributed by atoms with Crippen molar-refractivity contribution in [3.63, 3.8) is 0 Å². The second-order valence-corrected chi connectivity index (χ2v) is 9.59. The quantitative estimate of drug-likeness (QED) is 0.571. The van der Waals surface area contributed by atoms with Crippen LogP contribution in [0.25, 0.3) is 0 Å². The maximum Gasteiger partial charge on any atom is 0.508 e. The number of hydrogen-bond donors (Lipinski definition) is 1. The molecule has 0 radical (unpaired) electrons. The molecular formula is C22H34O4. The highest BCUT2D eigenvalue weighted by Gasteiger charge is 2.60. The molecule has 26 heavy (non-hydrogen) atoms. The van der Waals surface area contributed by atoms with Crippen LogP contribution in [0.4, 0.5) is 4.79 Å². The number of carbonyl (C=O) groups excluding carboxylic acids is 1. The highest BCUT2D eigenvalue weighted by molar-refractivity contribution is 5.60. The van der Waals surface area contributed by atoms with Gasteiger partial charge in [-0.25, -0.2) is 4.79 Å². The highest BCUT2D eigenvalue weighted by atomic mass is 16.7. The van der Waals surface area contributed by atoms with Crippen molar-refractivity contribution in [3.8, 4) is 0 Å². The lowest BCUT2D eigenvalue weighted by atomic mass is 9.46. The topological polar surface area (TPSA) is 55.8 Å². The van der Waals surface area contributed by atoms with Crippen molar-refractivity contribution >= 4 is 6.16 Å². The van der Waals surface area contributed by atoms with E-state index in [9.17, 15) is 9.90 Å². The van der Waals surface area contributed by atoms with Crippen LogP contribution in [0.1, 0.15) is 65.7 Å². The van der Waals surface area contributed by atoms with Gasteiger partial charge in [-0.15, -0.1) is 0 Å². The van der Waals surface area contributed by atoms with Crippen LogP contribution in [0.5, 0.6) is 0 Å². The Balaban J connectivity index is 1.54. The predicted octanol–water partition coefficient (Wildman–Crippen LogP) is 4.71. The van der Waals surface area contributed by atoms with E-state index < -0.39 is 6.16 Å². The summed E-state index contributed by atoms with van der Waals surface area (Å²) in [7, 11) is 0. The number of ether oxygens (including phenoxy) is 2. The minimum Gasteiger partial charge on any atom is -0.435 e. The van der Waals surface area contributed by atoms with Crippen LogP contribution in [0.2, 0.25) is 0 Å². The van der Waals surface area contributed by atoms with Gasteiger partial charge in [-0.3, -0.25) is 0 Å². The molecule has 4 aliphatic carbocycles. The van der Waals surface area contributed by atoms with Gasteiger partial charge in [0.05, 0.1) is 12.7 Å². The fraction of sp³-hybridized carbons (Fsp3) is 0.864. The first-order valence-corrected chi connectivity index (χ1v) is 10.6. The van der Waals surface area contributed by atoms with E-state index in [1.54, 1.807) is 0 Å². The lowest BCUT2D eigenvalue weighted by Crippen LogP contribution is -2.53. The van der Waals surface area contributed by atoms with Gasteiger partial charge in [0.15, 0.2) is 0 Å². The summed E-state index contributed by atoms with van der Waals surface area (Å²) in [6, 6.07) is 0. The molecule has 0 aromatic carbocycles. The first-order valence-electron chi connectivity index (χ1n) is 10.6. The number of fused-ring (bicyclic) bond motifs is 5. The van der Waals surface area contributed by atoms with E-state index in [1.807, 2.05) is 13.0 Å². The molecule has 0 unspecified atom stereocenters. The van der Waals surface area contributed by atoms with Crippen molar-refractivity contribution in [1.82, 2.24) is 0 Å². The minimum absolute atomic E-state index is 0.00162. The Morgan fingerprint density at radius 1 is 1.15 bits per heavy atom. The summed E-state index contributed by atoms with van der Waals surface area (Å²) in [6.45, 7) is 6.97. The molecule has 0 bridgehead atoms. The molecule has 0 aromatic rings. The van der Waals surface area contributed by atoms with E-state index in [4.69, 9.17) is 9.47 Å². The van der Waals surface area contributed by atoms with E-state index in [1.165, 1.54) is 19.3 Å². The summed E-state index contributed by atoms with van der Waals surface area (Å²) in [6.07, 6.45) is 11.5. The number of rotatable bonds is 2. The molecule has 0 aliphatic heterocycles. The van der Waals surface area contributed by atoms with E-state index in [0.717, 1.165) is 25.7 Å². The lowest BCUT2D eigenvalue weighted by Gasteiger charge is -2.59. The smallest absolute Gasteiger partial charge is 0.435 e. The normalized spacial score (nSPS) is 49.7. The second kappa shape index (κ2) is 6.54. The van der Waals surface area contributed by atoms with E-state index in [2.05, 4.69) is 19.9 Å². The van der Waals surface area contributed by atoms with Gasteiger partial charge in [0, 0.05) is 5.41 Å². The molecular weight excluding hydrogens is 328 g/mol. The van der Waals surface area contributed by atoms with Crippen LogP contribution >= 0.6 is 0 Å². The zero-order chi connectivity index (χ0) is 18.5. The summed E-state index contributed by atoms with van der Waals surface area (Å²) < 4.78 is 10.8. The predicted molar refractivity (Wildman–Crippen MR) is 99.5 cm³/mol. The van der Waals surface area contributed by atoms with Crippen LogP contribution in [0, 0.1) is 34.5 Å². The van der Waals surface area contributed by atoms with Gasteiger partial charge in [-0.05, 0) is 81.0 Å². The fourth-order valence-electron chi connectivity index (χ4n) is 7.20. The third kappa shape index (κ3) is 2.71. The molecule has 4 nitrogen and oxygen atoms in total. The van der Waals surface area contributed by atoms with Crippen LogP contribution in [0.3, 0.4) is 0 Å². The first-order chi connectivity index (χ1) is 12.4. The van der Waals surface area contributed by atoms with Gasteiger partial charge in [0.25, 0.3) is 0 Å². The minimum atomic E-state index is -0.499. The molecule has 0 saturated heterocycles. The Bertz CT molecular complexity index is 587. The number of aliphatic hydroxyl groups is 1. The van der Waals surface area contributed by atoms with Gasteiger partial charge >= 0.3 is 6.16 Å². The largest absolute Gasteiger partial charge is 0.508 e. The highest BCUT2D eigenvalue weighted by Crippen LogP contribution is 2.65. The van der Waals surface area contributed by atoms with Gasteiger partial charge in [-0.2, -0.15) is 0 Å². The van der Waals surface area contributed by atoms with Crippen LogP contribution in [-0.2, 0) is 9.47 Å². The molecule has 3 saturated carbocycles. The lowest BCUT2D eigenvalue weighted by molar-refractivity contribution is -0.106. The van der Waals surface area contributed by atoms with Crippen molar-refractivity contribution < 1.29 is 19.4 Å². The third-order valence-electron chi connectivity index (χ3n) is 8.58. The van der Waals surface area contributed by atoms with Crippen LogP contribution < -0.4 is 0 Å². The number of allylic oxidation sites excluding steroid dienone is 1. The van der Waals surface area contributed by atoms with Crippen LogP contribution in [-0.4, -0.2) is 30.1 Å². The molecule has 0 spiro atoms. The number of carbonyl (C=O) groups is 1. The number of aliphatic hydroxyl groups excluding tert-OH is 1. The van der Waals surface area contributed by atoms with Crippen molar-refractivity contribution in [2.45, 2.75) is 77.9 Å². The summed E-state index contributed by atoms with van der Waals surface area (Å²) >= 11 is 0. The van der Waals surface area contributed by atoms with Crippen molar-refractivity contribution in [2.75, 3.05) is 6.61 Å². The Labute approximate surface area is 157 Å². The Kier molecular flexibility index (Phi) is 4.61. The molecule has 4 heteroatoms. The third-order valence-corrected chi connectivity index (χ3v) is 8.58. The van der Waals surface area contributed by atoms with Crippen molar-refractivity contribution in [1.29, 1.82) is 0 Å². The summed E-state index contributed by atoms with van der Waals surface area (Å²) in [5.41, 5.74) is 0.318. The molecule has 0 amide bonds. The van der Waals surface area contributed by atoms with Crippen molar-refractivity contribution in [3.05, 3.63) is 12.2 Å². The molecule has 4 rings (SSSR count). The standard InChI is InChI=1S/C22H34O4/c1-4-25-20(24)26-19-8-7-17-16-6-5-14-13-15(23)9-11-21(14,2)18(16)10-12-22(17,19)3/h9,11,14-19,23H,4-8,10,12-13H2,1-3H3/t14-,15+,16-,17-,18-,19-,21-,22-/m0/s1. The molecule has 1 N–H and O–H groups in total. The Hall–Kier alpha value is -1.03. The molecule has 3 fully saturated rings. The zero-order valence-corrected chi connectivity index (χ0v) is 16.4. The molecule has 8 atom stereocenters. The SMILES string of the molecule is CCOC(=O)O[C@H]1CC[C@H]2[C@@H]3CC[C@H]4C[C@H](O)C=C[C@]4(C)[C@H]3CC[C@]12C. The Morgan fingerprint density at radius 2 is 1.96 bits per heavy atom. The monoisotopic (exact) mass is 362 g/mol.